The first-order valence-corrected chi connectivity index (χ1v) is 8.48. The summed E-state index contributed by atoms with van der Waals surface area (Å²) >= 11 is 0. The number of quaternary nitrogens is 1. The average molecular weight is 358 g/mol. The second-order valence-electron chi connectivity index (χ2n) is 6.01. The zero-order chi connectivity index (χ0) is 18.4. The highest BCUT2D eigenvalue weighted by Gasteiger charge is 2.16. The lowest BCUT2D eigenvalue weighted by Crippen LogP contribution is -3.14. The number of oxazole rings is 1. The molecular weight excluding hydrogens is 338 g/mol. The molecule has 0 saturated carbocycles. The highest BCUT2D eigenvalue weighted by molar-refractivity contribution is 5.60. The second kappa shape index (κ2) is 8.42. The van der Waals surface area contributed by atoms with Crippen LogP contribution < -0.4 is 10.2 Å². The van der Waals surface area contributed by atoms with Crippen molar-refractivity contribution in [2.75, 3.05) is 44.7 Å². The van der Waals surface area contributed by atoms with Crippen molar-refractivity contribution in [3.63, 3.8) is 0 Å². The fraction of sp³-hybridized carbons (Fsp3) is 0.412. The van der Waals surface area contributed by atoms with E-state index in [0.717, 1.165) is 39.3 Å². The predicted molar refractivity (Wildman–Crippen MR) is 92.8 cm³/mol. The van der Waals surface area contributed by atoms with Crippen molar-refractivity contribution in [3.8, 4) is 17.5 Å². The van der Waals surface area contributed by atoms with Gasteiger partial charge in [0.15, 0.2) is 0 Å². The van der Waals surface area contributed by atoms with Crippen LogP contribution in [0.5, 0.6) is 0 Å². The molecule has 2 N–H and O–H groups in total. The topological polar surface area (TPSA) is 119 Å². The van der Waals surface area contributed by atoms with Gasteiger partial charge in [-0.05, 0) is 12.1 Å². The molecule has 9 nitrogen and oxygen atoms in total. The van der Waals surface area contributed by atoms with Crippen LogP contribution in [0.4, 0.5) is 11.6 Å². The highest BCUT2D eigenvalue weighted by atomic mass is 16.6. The molecule has 2 aromatic rings. The molecule has 2 heterocycles. The molecule has 0 amide bonds. The summed E-state index contributed by atoms with van der Waals surface area (Å²) in [6.45, 7) is 5.37. The maximum atomic E-state index is 10.7. The summed E-state index contributed by atoms with van der Waals surface area (Å²) in [6.07, 6.45) is 0.938. The first-order valence-electron chi connectivity index (χ1n) is 8.48. The fourth-order valence-electron chi connectivity index (χ4n) is 2.82. The van der Waals surface area contributed by atoms with Gasteiger partial charge in [0.05, 0.1) is 24.7 Å². The largest absolute Gasteiger partial charge is 0.419 e. The highest BCUT2D eigenvalue weighted by Crippen LogP contribution is 2.26. The van der Waals surface area contributed by atoms with Crippen LogP contribution in [0.25, 0.3) is 11.5 Å². The van der Waals surface area contributed by atoms with Crippen molar-refractivity contribution in [2.45, 2.75) is 6.42 Å². The third kappa shape index (κ3) is 4.36. The second-order valence-corrected chi connectivity index (χ2v) is 6.01. The number of nitrogens with one attached hydrogen (secondary N) is 2. The molecule has 1 fully saturated rings. The summed E-state index contributed by atoms with van der Waals surface area (Å²) in [5, 5.41) is 23.1. The number of anilines is 1. The number of nitro groups is 1. The SMILES string of the molecule is N#Cc1nc(-c2ccc([N+](=O)[O-])cc2)oc1NCCC[NH+]1CCOCC1. The average Bonchev–Trinajstić information content (AvgIpc) is 3.09. The zero-order valence-electron chi connectivity index (χ0n) is 14.2. The van der Waals surface area contributed by atoms with Gasteiger partial charge in [-0.25, -0.2) is 0 Å². The number of hydrogen-bond donors (Lipinski definition) is 2. The molecule has 1 aromatic heterocycles. The van der Waals surface area contributed by atoms with Crippen molar-refractivity contribution in [1.29, 1.82) is 5.26 Å². The number of benzene rings is 1. The van der Waals surface area contributed by atoms with E-state index in [4.69, 9.17) is 9.15 Å². The lowest BCUT2D eigenvalue weighted by atomic mass is 10.2. The Hall–Kier alpha value is -2.96. The van der Waals surface area contributed by atoms with E-state index in [1.54, 1.807) is 12.1 Å². The number of hydrogen-bond acceptors (Lipinski definition) is 7. The molecule has 0 atom stereocenters. The summed E-state index contributed by atoms with van der Waals surface area (Å²) in [7, 11) is 0. The Morgan fingerprint density at radius 1 is 1.31 bits per heavy atom. The quantitative estimate of drug-likeness (QED) is 0.428. The van der Waals surface area contributed by atoms with E-state index in [1.807, 2.05) is 6.07 Å². The molecule has 9 heteroatoms. The van der Waals surface area contributed by atoms with E-state index in [9.17, 15) is 15.4 Å². The molecule has 1 aliphatic heterocycles. The van der Waals surface area contributed by atoms with Gasteiger partial charge in [0.25, 0.3) is 5.69 Å². The Morgan fingerprint density at radius 3 is 2.69 bits per heavy atom. The van der Waals surface area contributed by atoms with Crippen LogP contribution in [0.15, 0.2) is 28.7 Å². The molecule has 26 heavy (non-hydrogen) atoms. The maximum Gasteiger partial charge on any atom is 0.269 e. The Balaban J connectivity index is 1.59. The van der Waals surface area contributed by atoms with Gasteiger partial charge in [0, 0.05) is 30.7 Å². The first kappa shape index (κ1) is 17.8. The minimum Gasteiger partial charge on any atom is -0.419 e. The maximum absolute atomic E-state index is 10.7. The third-order valence-corrected chi connectivity index (χ3v) is 4.25. The van der Waals surface area contributed by atoms with Crippen LogP contribution in [-0.4, -0.2) is 49.3 Å². The smallest absolute Gasteiger partial charge is 0.269 e. The van der Waals surface area contributed by atoms with Crippen molar-refractivity contribution < 1.29 is 19.0 Å². The van der Waals surface area contributed by atoms with Crippen LogP contribution in [0, 0.1) is 21.4 Å². The lowest BCUT2D eigenvalue weighted by molar-refractivity contribution is -0.908. The Morgan fingerprint density at radius 2 is 2.04 bits per heavy atom. The molecule has 0 aliphatic carbocycles. The number of aromatic nitrogens is 1. The number of nitriles is 1. The summed E-state index contributed by atoms with van der Waals surface area (Å²) in [4.78, 5) is 15.9. The van der Waals surface area contributed by atoms with Gasteiger partial charge in [0.2, 0.25) is 17.5 Å². The molecule has 1 saturated heterocycles. The predicted octanol–water partition coefficient (Wildman–Crippen LogP) is 0.839. The van der Waals surface area contributed by atoms with Gasteiger partial charge < -0.3 is 19.4 Å². The van der Waals surface area contributed by atoms with Crippen LogP contribution >= 0.6 is 0 Å². The standard InChI is InChI=1S/C17H19N5O4/c18-12-15-17(19-6-1-7-21-8-10-25-11-9-21)26-16(20-15)13-2-4-14(5-3-13)22(23)24/h2-5,19H,1,6-11H2/p+1. The summed E-state index contributed by atoms with van der Waals surface area (Å²) < 4.78 is 11.0. The molecule has 0 unspecified atom stereocenters. The van der Waals surface area contributed by atoms with Gasteiger partial charge in [0.1, 0.15) is 19.2 Å². The van der Waals surface area contributed by atoms with Gasteiger partial charge in [-0.3, -0.25) is 10.1 Å². The van der Waals surface area contributed by atoms with E-state index < -0.39 is 4.92 Å². The molecule has 0 radical (unpaired) electrons. The molecular formula is C17H20N5O4+. The van der Waals surface area contributed by atoms with E-state index >= 15 is 0 Å². The van der Waals surface area contributed by atoms with Crippen LogP contribution in [-0.2, 0) is 4.74 Å². The first-order chi connectivity index (χ1) is 12.7. The third-order valence-electron chi connectivity index (χ3n) is 4.25. The van der Waals surface area contributed by atoms with E-state index in [-0.39, 0.29) is 17.3 Å². The molecule has 1 aromatic carbocycles. The van der Waals surface area contributed by atoms with E-state index in [1.165, 1.54) is 17.0 Å². The number of rotatable bonds is 7. The van der Waals surface area contributed by atoms with Crippen LogP contribution in [0.2, 0.25) is 0 Å². The van der Waals surface area contributed by atoms with Crippen molar-refractivity contribution >= 4 is 11.6 Å². The van der Waals surface area contributed by atoms with E-state index in [0.29, 0.717) is 18.0 Å². The number of nitrogens with zero attached hydrogens (tertiary/aromatic N) is 3. The van der Waals surface area contributed by atoms with Gasteiger partial charge in [-0.1, -0.05) is 0 Å². The summed E-state index contributed by atoms with van der Waals surface area (Å²) in [5.41, 5.74) is 0.750. The zero-order valence-corrected chi connectivity index (χ0v) is 14.2. The molecule has 3 rings (SSSR count). The van der Waals surface area contributed by atoms with Crippen LogP contribution in [0.1, 0.15) is 12.1 Å². The molecule has 1 aliphatic rings. The lowest BCUT2D eigenvalue weighted by Gasteiger charge is -2.23. The minimum atomic E-state index is -0.469. The van der Waals surface area contributed by atoms with Crippen LogP contribution in [0.3, 0.4) is 0 Å². The molecule has 0 spiro atoms. The van der Waals surface area contributed by atoms with Crippen molar-refractivity contribution in [3.05, 3.63) is 40.1 Å². The number of non-ortho nitro benzene ring substituents is 1. The summed E-state index contributed by atoms with van der Waals surface area (Å²) in [5.74, 6) is 0.593. The van der Waals surface area contributed by atoms with Gasteiger partial charge >= 0.3 is 0 Å². The monoisotopic (exact) mass is 358 g/mol. The number of morpholine rings is 1. The normalized spacial score (nSPS) is 14.7. The van der Waals surface area contributed by atoms with Crippen molar-refractivity contribution in [2.24, 2.45) is 0 Å². The molecule has 0 bridgehead atoms. The number of ether oxygens (including phenoxy) is 1. The van der Waals surface area contributed by atoms with Gasteiger partial charge in [-0.2, -0.15) is 10.2 Å². The Bertz CT molecular complexity index is 790. The van der Waals surface area contributed by atoms with Crippen molar-refractivity contribution in [1.82, 2.24) is 4.98 Å². The Kier molecular flexibility index (Phi) is 5.78. The number of nitro benzene ring substituents is 1. The minimum absolute atomic E-state index is 0.00947. The van der Waals surface area contributed by atoms with Gasteiger partial charge in [-0.15, -0.1) is 0 Å². The molecule has 136 valence electrons. The Labute approximate surface area is 150 Å². The fourth-order valence-corrected chi connectivity index (χ4v) is 2.82. The summed E-state index contributed by atoms with van der Waals surface area (Å²) in [6, 6.07) is 7.87. The van der Waals surface area contributed by atoms with E-state index in [2.05, 4.69) is 10.3 Å².